The molecule has 0 spiro atoms. The number of anilines is 2. The molecule has 0 saturated carbocycles. The Morgan fingerprint density at radius 3 is 2.52 bits per heavy atom. The third-order valence-electron chi connectivity index (χ3n) is 5.85. The number of fused-ring (bicyclic) bond motifs is 1. The fraction of sp³-hybridized carbons (Fsp3) is 0.259. The van der Waals surface area contributed by atoms with Crippen molar-refractivity contribution in [2.45, 2.75) is 33.9 Å². The molecule has 3 aromatic carbocycles. The number of hydrogen-bond donors (Lipinski definition) is 1. The molecular weight excluding hydrogens is 414 g/mol. The maximum absolute atomic E-state index is 13.0. The lowest BCUT2D eigenvalue weighted by atomic mass is 10.1. The van der Waals surface area contributed by atoms with Crippen molar-refractivity contribution in [2.75, 3.05) is 23.4 Å². The average Bonchev–Trinajstić information content (AvgIpc) is 3.02. The van der Waals surface area contributed by atoms with Gasteiger partial charge in [-0.3, -0.25) is 4.79 Å². The highest BCUT2D eigenvalue weighted by Crippen LogP contribution is 2.27. The van der Waals surface area contributed by atoms with E-state index in [4.69, 9.17) is 4.74 Å². The summed E-state index contributed by atoms with van der Waals surface area (Å²) in [7, 11) is 0. The first-order valence-corrected chi connectivity index (χ1v) is 11.1. The molecule has 0 aliphatic carbocycles. The van der Waals surface area contributed by atoms with Gasteiger partial charge in [-0.2, -0.15) is 0 Å². The number of benzene rings is 3. The highest BCUT2D eigenvalue weighted by molar-refractivity contribution is 5.91. The molecule has 1 aliphatic rings. The van der Waals surface area contributed by atoms with Gasteiger partial charge in [-0.1, -0.05) is 42.0 Å². The molecule has 6 nitrogen and oxygen atoms in total. The van der Waals surface area contributed by atoms with Crippen LogP contribution < -0.4 is 15.0 Å². The number of nitrogens with one attached hydrogen (secondary N) is 1. The van der Waals surface area contributed by atoms with Crippen molar-refractivity contribution in [3.63, 3.8) is 0 Å². The summed E-state index contributed by atoms with van der Waals surface area (Å²) in [5.74, 6) is 0.749. The second-order valence-electron chi connectivity index (χ2n) is 8.40. The van der Waals surface area contributed by atoms with Crippen LogP contribution >= 0.6 is 0 Å². The predicted octanol–water partition coefficient (Wildman–Crippen LogP) is 5.28. The summed E-state index contributed by atoms with van der Waals surface area (Å²) in [6.45, 7) is 7.37. The maximum Gasteiger partial charge on any atom is 0.322 e. The summed E-state index contributed by atoms with van der Waals surface area (Å²) in [6.07, 6.45) is 0. The van der Waals surface area contributed by atoms with Crippen molar-refractivity contribution in [2.24, 2.45) is 0 Å². The smallest absolute Gasteiger partial charge is 0.322 e. The number of carbonyl (C=O) groups excluding carboxylic acids is 2. The highest BCUT2D eigenvalue weighted by atomic mass is 16.5. The van der Waals surface area contributed by atoms with Crippen molar-refractivity contribution in [3.05, 3.63) is 89.0 Å². The van der Waals surface area contributed by atoms with Gasteiger partial charge >= 0.3 is 6.03 Å². The molecule has 0 unspecified atom stereocenters. The average molecular weight is 444 g/mol. The van der Waals surface area contributed by atoms with Gasteiger partial charge in [-0.25, -0.2) is 4.79 Å². The zero-order chi connectivity index (χ0) is 23.4. The van der Waals surface area contributed by atoms with E-state index in [0.717, 1.165) is 39.4 Å². The van der Waals surface area contributed by atoms with Crippen LogP contribution in [0.4, 0.5) is 16.2 Å². The molecule has 0 bridgehead atoms. The van der Waals surface area contributed by atoms with Crippen molar-refractivity contribution in [1.82, 2.24) is 4.90 Å². The SMILES string of the molecule is CC(=O)N(Cc1ccc2c(c1)CN(C(=O)Nc1ccccc1C)CCO2)c1ccc(C)cc1. The number of urea groups is 1. The summed E-state index contributed by atoms with van der Waals surface area (Å²) >= 11 is 0. The van der Waals surface area contributed by atoms with Crippen molar-refractivity contribution in [3.8, 4) is 5.75 Å². The molecule has 1 aliphatic heterocycles. The molecule has 1 N–H and O–H groups in total. The van der Waals surface area contributed by atoms with E-state index in [1.54, 1.807) is 16.7 Å². The van der Waals surface area contributed by atoms with E-state index in [9.17, 15) is 9.59 Å². The summed E-state index contributed by atoms with van der Waals surface area (Å²) in [5.41, 5.74) is 5.73. The molecule has 0 atom stereocenters. The van der Waals surface area contributed by atoms with E-state index < -0.39 is 0 Å². The lowest BCUT2D eigenvalue weighted by Crippen LogP contribution is -2.36. The molecular formula is C27H29N3O3. The lowest BCUT2D eigenvalue weighted by Gasteiger charge is -2.23. The third kappa shape index (κ3) is 5.34. The fourth-order valence-corrected chi connectivity index (χ4v) is 3.92. The van der Waals surface area contributed by atoms with Crippen LogP contribution in [0.3, 0.4) is 0 Å². The lowest BCUT2D eigenvalue weighted by molar-refractivity contribution is -0.116. The van der Waals surface area contributed by atoms with Gasteiger partial charge in [0.05, 0.1) is 19.6 Å². The van der Waals surface area contributed by atoms with E-state index in [0.29, 0.717) is 26.2 Å². The first kappa shape index (κ1) is 22.4. The minimum absolute atomic E-state index is 0.0238. The molecule has 3 aromatic rings. The summed E-state index contributed by atoms with van der Waals surface area (Å²) in [6, 6.07) is 21.4. The zero-order valence-corrected chi connectivity index (χ0v) is 19.3. The molecule has 1 heterocycles. The number of aryl methyl sites for hydroxylation is 2. The van der Waals surface area contributed by atoms with Gasteiger partial charge in [-0.15, -0.1) is 0 Å². The minimum atomic E-state index is -0.156. The first-order chi connectivity index (χ1) is 15.9. The van der Waals surface area contributed by atoms with Crippen molar-refractivity contribution >= 4 is 23.3 Å². The predicted molar refractivity (Wildman–Crippen MR) is 131 cm³/mol. The minimum Gasteiger partial charge on any atom is -0.491 e. The number of carbonyl (C=O) groups is 2. The Hall–Kier alpha value is -3.80. The Labute approximate surface area is 194 Å². The van der Waals surface area contributed by atoms with Gasteiger partial charge in [0.1, 0.15) is 12.4 Å². The molecule has 0 saturated heterocycles. The van der Waals surface area contributed by atoms with Crippen LogP contribution in [0.15, 0.2) is 66.7 Å². The molecule has 3 amide bonds. The van der Waals surface area contributed by atoms with Gasteiger partial charge in [0.2, 0.25) is 5.91 Å². The van der Waals surface area contributed by atoms with E-state index >= 15 is 0 Å². The normalized spacial score (nSPS) is 12.9. The number of amides is 3. The molecule has 0 radical (unpaired) electrons. The number of nitrogens with zero attached hydrogens (tertiary/aromatic N) is 2. The van der Waals surface area contributed by atoms with Crippen LogP contribution in [-0.2, 0) is 17.9 Å². The Bertz CT molecular complexity index is 1160. The summed E-state index contributed by atoms with van der Waals surface area (Å²) in [4.78, 5) is 28.8. The summed E-state index contributed by atoms with van der Waals surface area (Å²) < 4.78 is 5.91. The Kier molecular flexibility index (Phi) is 6.63. The van der Waals surface area contributed by atoms with Gasteiger partial charge in [0.15, 0.2) is 0 Å². The Balaban J connectivity index is 1.52. The van der Waals surface area contributed by atoms with E-state index in [1.165, 1.54) is 0 Å². The molecule has 0 fully saturated rings. The zero-order valence-electron chi connectivity index (χ0n) is 19.3. The van der Waals surface area contributed by atoms with E-state index in [-0.39, 0.29) is 11.9 Å². The summed E-state index contributed by atoms with van der Waals surface area (Å²) in [5, 5.41) is 3.00. The van der Waals surface area contributed by atoms with Gasteiger partial charge < -0.3 is 19.9 Å². The van der Waals surface area contributed by atoms with Crippen LogP contribution in [0.25, 0.3) is 0 Å². The van der Waals surface area contributed by atoms with Crippen LogP contribution in [-0.4, -0.2) is 30.0 Å². The Morgan fingerprint density at radius 1 is 1.03 bits per heavy atom. The van der Waals surface area contributed by atoms with Crippen LogP contribution in [0.1, 0.15) is 29.2 Å². The maximum atomic E-state index is 13.0. The number of ether oxygens (including phenoxy) is 1. The first-order valence-electron chi connectivity index (χ1n) is 11.1. The van der Waals surface area contributed by atoms with E-state index in [2.05, 4.69) is 5.32 Å². The van der Waals surface area contributed by atoms with Gasteiger partial charge in [0, 0.05) is 23.9 Å². The van der Waals surface area contributed by atoms with Crippen LogP contribution in [0.2, 0.25) is 0 Å². The second kappa shape index (κ2) is 9.77. The topological polar surface area (TPSA) is 61.9 Å². The fourth-order valence-electron chi connectivity index (χ4n) is 3.92. The largest absolute Gasteiger partial charge is 0.491 e. The van der Waals surface area contributed by atoms with Crippen molar-refractivity contribution in [1.29, 1.82) is 0 Å². The molecule has 4 rings (SSSR count). The molecule has 0 aromatic heterocycles. The van der Waals surface area contributed by atoms with Crippen LogP contribution in [0, 0.1) is 13.8 Å². The number of hydrogen-bond acceptors (Lipinski definition) is 3. The molecule has 6 heteroatoms. The number of rotatable bonds is 4. The van der Waals surface area contributed by atoms with Gasteiger partial charge in [0.25, 0.3) is 0 Å². The van der Waals surface area contributed by atoms with Crippen LogP contribution in [0.5, 0.6) is 5.75 Å². The highest BCUT2D eigenvalue weighted by Gasteiger charge is 2.21. The third-order valence-corrected chi connectivity index (χ3v) is 5.85. The Morgan fingerprint density at radius 2 is 1.79 bits per heavy atom. The van der Waals surface area contributed by atoms with Crippen molar-refractivity contribution < 1.29 is 14.3 Å². The quantitative estimate of drug-likeness (QED) is 0.597. The van der Waals surface area contributed by atoms with Gasteiger partial charge in [-0.05, 0) is 55.3 Å². The number of para-hydroxylation sites is 1. The monoisotopic (exact) mass is 443 g/mol. The molecule has 33 heavy (non-hydrogen) atoms. The second-order valence-corrected chi connectivity index (χ2v) is 8.40. The molecule has 170 valence electrons. The van der Waals surface area contributed by atoms with E-state index in [1.807, 2.05) is 80.6 Å². The standard InChI is InChI=1S/C27H29N3O3/c1-19-8-11-24(12-9-19)30(21(3)31)17-22-10-13-26-23(16-22)18-29(14-15-33-26)27(32)28-25-7-5-4-6-20(25)2/h4-13,16H,14-15,17-18H2,1-3H3,(H,28,32).